The highest BCUT2D eigenvalue weighted by atomic mass is 32.1. The van der Waals surface area contributed by atoms with Crippen molar-refractivity contribution in [2.75, 3.05) is 7.11 Å². The Kier molecular flexibility index (Phi) is 5.13. The number of nitrogens with one attached hydrogen (secondary N) is 1. The minimum Gasteiger partial charge on any atom is -0.504 e. The lowest BCUT2D eigenvalue weighted by molar-refractivity contribution is 0.373. The molecule has 0 saturated heterocycles. The molecule has 0 heterocycles. The van der Waals surface area contributed by atoms with E-state index in [-0.39, 0.29) is 10.9 Å². The Hall–Kier alpha value is -2.08. The summed E-state index contributed by atoms with van der Waals surface area (Å²) in [4.78, 5) is 0. The summed E-state index contributed by atoms with van der Waals surface area (Å²) in [6.07, 6.45) is 3.48. The highest BCUT2D eigenvalue weighted by Crippen LogP contribution is 2.26. The Balaban J connectivity index is 2.82. The zero-order valence-corrected chi connectivity index (χ0v) is 11.0. The molecule has 0 unspecified atom stereocenters. The van der Waals surface area contributed by atoms with Crippen molar-refractivity contribution >= 4 is 29.6 Å². The first-order chi connectivity index (χ1) is 8.52. The number of hydrogen-bond donors (Lipinski definition) is 3. The van der Waals surface area contributed by atoms with Crippen molar-refractivity contribution in [1.29, 1.82) is 0 Å². The molecule has 0 bridgehead atoms. The molecule has 0 saturated carbocycles. The molecule has 0 spiro atoms. The first kappa shape index (κ1) is 14.0. The normalized spacial score (nSPS) is 11.6. The van der Waals surface area contributed by atoms with Crippen LogP contribution in [0.4, 0.5) is 0 Å². The van der Waals surface area contributed by atoms with Gasteiger partial charge < -0.3 is 15.6 Å². The van der Waals surface area contributed by atoms with Gasteiger partial charge in [0.2, 0.25) is 0 Å². The van der Waals surface area contributed by atoms with E-state index in [0.717, 1.165) is 11.1 Å². The average molecular weight is 265 g/mol. The van der Waals surface area contributed by atoms with E-state index >= 15 is 0 Å². The predicted molar refractivity (Wildman–Crippen MR) is 76.7 cm³/mol. The Morgan fingerprint density at radius 2 is 2.28 bits per heavy atom. The molecule has 0 aliphatic carbocycles. The van der Waals surface area contributed by atoms with Gasteiger partial charge in [-0.3, -0.25) is 5.43 Å². The number of allylic oxidation sites excluding steroid dienone is 1. The van der Waals surface area contributed by atoms with Gasteiger partial charge in [-0.25, -0.2) is 0 Å². The number of hydrogen-bond acceptors (Lipinski definition) is 4. The van der Waals surface area contributed by atoms with Gasteiger partial charge in [-0.2, -0.15) is 5.10 Å². The maximum absolute atomic E-state index is 9.46. The summed E-state index contributed by atoms with van der Waals surface area (Å²) in [5.41, 5.74) is 9.48. The third-order valence-corrected chi connectivity index (χ3v) is 2.13. The smallest absolute Gasteiger partial charge is 0.184 e. The van der Waals surface area contributed by atoms with Crippen molar-refractivity contribution in [1.82, 2.24) is 5.43 Å². The van der Waals surface area contributed by atoms with Crippen LogP contribution in [-0.4, -0.2) is 23.5 Å². The van der Waals surface area contributed by atoms with E-state index in [0.29, 0.717) is 5.75 Å². The van der Waals surface area contributed by atoms with Crippen LogP contribution in [0, 0.1) is 0 Å². The number of hydrazone groups is 1. The number of phenolic OH excluding ortho intramolecular Hbond substituents is 1. The lowest BCUT2D eigenvalue weighted by Crippen LogP contribution is -2.23. The lowest BCUT2D eigenvalue weighted by atomic mass is 10.1. The van der Waals surface area contributed by atoms with E-state index in [2.05, 4.69) is 22.7 Å². The molecule has 0 amide bonds. The number of ether oxygens (including phenoxy) is 1. The summed E-state index contributed by atoms with van der Waals surface area (Å²) in [6, 6.07) is 5.08. The first-order valence-corrected chi connectivity index (χ1v) is 5.57. The highest BCUT2D eigenvalue weighted by Gasteiger charge is 2.00. The maximum atomic E-state index is 9.46. The number of benzene rings is 1. The second-order valence-corrected chi connectivity index (χ2v) is 3.99. The number of nitrogens with zero attached hydrogens (tertiary/aromatic N) is 1. The topological polar surface area (TPSA) is 79.9 Å². The van der Waals surface area contributed by atoms with Crippen LogP contribution >= 0.6 is 12.2 Å². The van der Waals surface area contributed by atoms with Crippen LogP contribution in [0.15, 0.2) is 28.9 Å². The van der Waals surface area contributed by atoms with E-state index in [1.165, 1.54) is 7.11 Å². The van der Waals surface area contributed by atoms with Crippen molar-refractivity contribution in [2.45, 2.75) is 6.92 Å². The van der Waals surface area contributed by atoms with Crippen molar-refractivity contribution in [3.05, 3.63) is 29.3 Å². The van der Waals surface area contributed by atoms with Gasteiger partial charge in [0, 0.05) is 0 Å². The van der Waals surface area contributed by atoms with E-state index in [9.17, 15) is 5.11 Å². The Morgan fingerprint density at radius 3 is 2.89 bits per heavy atom. The van der Waals surface area contributed by atoms with Crippen LogP contribution in [0.2, 0.25) is 0 Å². The Bertz CT molecular complexity index is 498. The van der Waals surface area contributed by atoms with E-state index < -0.39 is 0 Å². The predicted octanol–water partition coefficient (Wildman–Crippen LogP) is 1.62. The molecule has 0 fully saturated rings. The molecule has 0 aliphatic rings. The lowest BCUT2D eigenvalue weighted by Gasteiger charge is -2.04. The SMILES string of the molecule is COc1cc(C=C(C)C=NNC(N)=S)ccc1O. The van der Waals surface area contributed by atoms with Crippen LogP contribution < -0.4 is 15.9 Å². The largest absolute Gasteiger partial charge is 0.504 e. The van der Waals surface area contributed by atoms with Crippen molar-refractivity contribution in [3.63, 3.8) is 0 Å². The molecule has 18 heavy (non-hydrogen) atoms. The number of aromatic hydroxyl groups is 1. The maximum Gasteiger partial charge on any atom is 0.184 e. The van der Waals surface area contributed by atoms with E-state index in [1.54, 1.807) is 24.4 Å². The molecule has 4 N–H and O–H groups in total. The minimum absolute atomic E-state index is 0.108. The van der Waals surface area contributed by atoms with E-state index in [4.69, 9.17) is 10.5 Å². The first-order valence-electron chi connectivity index (χ1n) is 5.16. The average Bonchev–Trinajstić information content (AvgIpc) is 2.31. The minimum atomic E-state index is 0.108. The molecular formula is C12H15N3O2S. The zero-order valence-electron chi connectivity index (χ0n) is 10.2. The van der Waals surface area contributed by atoms with Crippen LogP contribution in [0.1, 0.15) is 12.5 Å². The molecule has 0 aliphatic heterocycles. The van der Waals surface area contributed by atoms with E-state index in [1.807, 2.05) is 13.0 Å². The van der Waals surface area contributed by atoms with Gasteiger partial charge >= 0.3 is 0 Å². The van der Waals surface area contributed by atoms with Gasteiger partial charge in [-0.05, 0) is 42.4 Å². The fourth-order valence-corrected chi connectivity index (χ4v) is 1.33. The van der Waals surface area contributed by atoms with Crippen LogP contribution in [-0.2, 0) is 0 Å². The zero-order chi connectivity index (χ0) is 13.5. The summed E-state index contributed by atoms with van der Waals surface area (Å²) in [6.45, 7) is 1.88. The molecule has 1 rings (SSSR count). The molecule has 0 atom stereocenters. The molecule has 0 aromatic heterocycles. The van der Waals surface area contributed by atoms with Gasteiger partial charge in [-0.15, -0.1) is 0 Å². The quantitative estimate of drug-likeness (QED) is 0.438. The molecular weight excluding hydrogens is 250 g/mol. The summed E-state index contributed by atoms with van der Waals surface area (Å²) >= 11 is 4.61. The van der Waals surface area contributed by atoms with Crippen LogP contribution in [0.25, 0.3) is 6.08 Å². The molecule has 96 valence electrons. The molecule has 0 radical (unpaired) electrons. The van der Waals surface area contributed by atoms with Crippen LogP contribution in [0.5, 0.6) is 11.5 Å². The standard InChI is InChI=1S/C12H15N3O2S/c1-8(7-14-15-12(13)18)5-9-3-4-10(16)11(6-9)17-2/h3-7,16H,1-2H3,(H3,13,15,18). The summed E-state index contributed by atoms with van der Waals surface area (Å²) in [7, 11) is 1.50. The van der Waals surface area contributed by atoms with Crippen molar-refractivity contribution < 1.29 is 9.84 Å². The highest BCUT2D eigenvalue weighted by molar-refractivity contribution is 7.80. The number of rotatable bonds is 4. The Morgan fingerprint density at radius 1 is 1.56 bits per heavy atom. The molecule has 6 heteroatoms. The number of nitrogens with two attached hydrogens (primary N) is 1. The van der Waals surface area contributed by atoms with Gasteiger partial charge in [0.15, 0.2) is 16.6 Å². The Labute approximate surface area is 111 Å². The third kappa shape index (κ3) is 4.42. The monoisotopic (exact) mass is 265 g/mol. The van der Waals surface area contributed by atoms with Gasteiger partial charge in [0.05, 0.1) is 13.3 Å². The summed E-state index contributed by atoms with van der Waals surface area (Å²) in [5.74, 6) is 0.533. The second kappa shape index (κ2) is 6.61. The fourth-order valence-electron chi connectivity index (χ4n) is 1.28. The summed E-state index contributed by atoms with van der Waals surface area (Å²) in [5, 5.41) is 13.4. The number of thiocarbonyl (C=S) groups is 1. The van der Waals surface area contributed by atoms with Crippen molar-refractivity contribution in [3.8, 4) is 11.5 Å². The fraction of sp³-hybridized carbons (Fsp3) is 0.167. The number of methoxy groups -OCH3 is 1. The molecule has 1 aromatic rings. The van der Waals surface area contributed by atoms with Crippen molar-refractivity contribution in [2.24, 2.45) is 10.8 Å². The second-order valence-electron chi connectivity index (χ2n) is 3.55. The molecule has 1 aromatic carbocycles. The van der Waals surface area contributed by atoms with Gasteiger partial charge in [0.25, 0.3) is 0 Å². The molecule has 5 nitrogen and oxygen atoms in total. The van der Waals surface area contributed by atoms with Crippen LogP contribution in [0.3, 0.4) is 0 Å². The van der Waals surface area contributed by atoms with Gasteiger partial charge in [0.1, 0.15) is 0 Å². The number of phenols is 1. The third-order valence-electron chi connectivity index (χ3n) is 2.04. The summed E-state index contributed by atoms with van der Waals surface area (Å²) < 4.78 is 5.02. The van der Waals surface area contributed by atoms with Gasteiger partial charge in [-0.1, -0.05) is 12.1 Å².